The summed E-state index contributed by atoms with van der Waals surface area (Å²) in [7, 11) is -4.11. The van der Waals surface area contributed by atoms with Crippen LogP contribution in [0.3, 0.4) is 0 Å². The van der Waals surface area contributed by atoms with Crippen LogP contribution in [0.4, 0.5) is 20.2 Å². The molecule has 154 valence electrons. The lowest BCUT2D eigenvalue weighted by atomic mass is 10.1. The van der Waals surface area contributed by atoms with E-state index in [1.54, 1.807) is 25.1 Å². The van der Waals surface area contributed by atoms with E-state index in [1.807, 2.05) is 0 Å². The standard InChI is InChI=1S/C17H17F2N5O4S/c1-10(16-22-13-4-2-3-5-14(13)23(16)17(18)19)9-21-12-7-6-11(29(20,27)28)8-15(12)24(25)26/h2-8,10,17,21H,9H2,1H3,(H2,20,27,28). The zero-order valence-corrected chi connectivity index (χ0v) is 15.9. The minimum atomic E-state index is -4.11. The number of aromatic nitrogens is 2. The summed E-state index contributed by atoms with van der Waals surface area (Å²) >= 11 is 0. The monoisotopic (exact) mass is 425 g/mol. The van der Waals surface area contributed by atoms with E-state index in [9.17, 15) is 27.3 Å². The van der Waals surface area contributed by atoms with Gasteiger partial charge in [0.25, 0.3) is 5.69 Å². The molecule has 1 atom stereocenters. The van der Waals surface area contributed by atoms with Gasteiger partial charge in [-0.1, -0.05) is 19.1 Å². The first-order chi connectivity index (χ1) is 13.6. The van der Waals surface area contributed by atoms with Crippen LogP contribution in [0.1, 0.15) is 25.2 Å². The zero-order chi connectivity index (χ0) is 21.3. The summed E-state index contributed by atoms with van der Waals surface area (Å²) in [6, 6.07) is 9.66. The predicted octanol–water partition coefficient (Wildman–Crippen LogP) is 3.20. The third-order valence-corrected chi connectivity index (χ3v) is 5.26. The lowest BCUT2D eigenvalue weighted by Gasteiger charge is -2.16. The smallest absolute Gasteiger partial charge is 0.320 e. The van der Waals surface area contributed by atoms with Crippen LogP contribution in [0, 0.1) is 10.1 Å². The minimum absolute atomic E-state index is 0.0361. The predicted molar refractivity (Wildman–Crippen MR) is 102 cm³/mol. The average molecular weight is 425 g/mol. The molecule has 0 spiro atoms. The van der Waals surface area contributed by atoms with Crippen LogP contribution < -0.4 is 10.5 Å². The first-order valence-corrected chi connectivity index (χ1v) is 9.94. The molecule has 1 aromatic heterocycles. The van der Waals surface area contributed by atoms with E-state index in [4.69, 9.17) is 5.14 Å². The van der Waals surface area contributed by atoms with E-state index in [0.29, 0.717) is 5.52 Å². The van der Waals surface area contributed by atoms with Gasteiger partial charge in [-0.2, -0.15) is 8.78 Å². The molecule has 0 saturated carbocycles. The van der Waals surface area contributed by atoms with Gasteiger partial charge >= 0.3 is 6.55 Å². The molecule has 3 N–H and O–H groups in total. The van der Waals surface area contributed by atoms with E-state index in [1.165, 1.54) is 12.1 Å². The number of halogens is 2. The van der Waals surface area contributed by atoms with Crippen LogP contribution >= 0.6 is 0 Å². The van der Waals surface area contributed by atoms with E-state index in [2.05, 4.69) is 10.3 Å². The van der Waals surface area contributed by atoms with Gasteiger partial charge in [-0.25, -0.2) is 18.5 Å². The average Bonchev–Trinajstić information content (AvgIpc) is 3.05. The number of hydrogen-bond donors (Lipinski definition) is 2. The molecule has 0 amide bonds. The lowest BCUT2D eigenvalue weighted by Crippen LogP contribution is -2.17. The van der Waals surface area contributed by atoms with Crippen molar-refractivity contribution >= 4 is 32.4 Å². The Morgan fingerprint density at radius 3 is 2.59 bits per heavy atom. The molecule has 3 aromatic rings. The fraction of sp³-hybridized carbons (Fsp3) is 0.235. The second kappa shape index (κ2) is 7.72. The number of rotatable bonds is 7. The number of fused-ring (bicyclic) bond motifs is 1. The number of imidazole rings is 1. The van der Waals surface area contributed by atoms with Crippen molar-refractivity contribution in [1.29, 1.82) is 0 Å². The maximum atomic E-state index is 13.6. The number of para-hydroxylation sites is 2. The minimum Gasteiger partial charge on any atom is -0.379 e. The summed E-state index contributed by atoms with van der Waals surface area (Å²) in [5, 5.41) is 19.1. The third kappa shape index (κ3) is 4.17. The molecule has 0 radical (unpaired) electrons. The largest absolute Gasteiger partial charge is 0.379 e. The lowest BCUT2D eigenvalue weighted by molar-refractivity contribution is -0.384. The number of nitrogens with one attached hydrogen (secondary N) is 1. The Hall–Kier alpha value is -3.12. The Kier molecular flexibility index (Phi) is 5.48. The van der Waals surface area contributed by atoms with E-state index < -0.39 is 38.0 Å². The van der Waals surface area contributed by atoms with Gasteiger partial charge in [-0.15, -0.1) is 0 Å². The highest BCUT2D eigenvalue weighted by Crippen LogP contribution is 2.30. The molecule has 0 aliphatic carbocycles. The normalized spacial score (nSPS) is 13.0. The number of anilines is 1. The number of nitro groups is 1. The SMILES string of the molecule is CC(CNc1ccc(S(N)(=O)=O)cc1[N+](=O)[O-])c1nc2ccccc2n1C(F)F. The van der Waals surface area contributed by atoms with Crippen molar-refractivity contribution in [2.24, 2.45) is 5.14 Å². The van der Waals surface area contributed by atoms with Gasteiger partial charge in [0.2, 0.25) is 10.0 Å². The Labute approximate surface area is 164 Å². The number of primary sulfonamides is 1. The number of benzene rings is 2. The molecular weight excluding hydrogens is 408 g/mol. The van der Waals surface area contributed by atoms with Gasteiger partial charge in [-0.3, -0.25) is 14.7 Å². The number of nitro benzene ring substituents is 1. The van der Waals surface area contributed by atoms with Crippen LogP contribution in [0.2, 0.25) is 0 Å². The van der Waals surface area contributed by atoms with Crippen molar-refractivity contribution in [3.63, 3.8) is 0 Å². The van der Waals surface area contributed by atoms with Gasteiger partial charge in [0.15, 0.2) is 0 Å². The molecule has 1 unspecified atom stereocenters. The molecule has 0 saturated heterocycles. The summed E-state index contributed by atoms with van der Waals surface area (Å²) < 4.78 is 50.8. The van der Waals surface area contributed by atoms with Crippen molar-refractivity contribution in [2.75, 3.05) is 11.9 Å². The molecule has 12 heteroatoms. The topological polar surface area (TPSA) is 133 Å². The summed E-state index contributed by atoms with van der Waals surface area (Å²) in [4.78, 5) is 14.4. The first-order valence-electron chi connectivity index (χ1n) is 8.39. The van der Waals surface area contributed by atoms with Crippen LogP contribution in [0.5, 0.6) is 0 Å². The molecule has 29 heavy (non-hydrogen) atoms. The van der Waals surface area contributed by atoms with Crippen molar-refractivity contribution in [3.05, 3.63) is 58.4 Å². The van der Waals surface area contributed by atoms with Gasteiger partial charge in [0.05, 0.1) is 20.9 Å². The zero-order valence-electron chi connectivity index (χ0n) is 15.1. The van der Waals surface area contributed by atoms with Crippen LogP contribution in [-0.4, -0.2) is 29.4 Å². The molecule has 3 rings (SSSR count). The Morgan fingerprint density at radius 2 is 1.97 bits per heavy atom. The Morgan fingerprint density at radius 1 is 1.28 bits per heavy atom. The molecule has 0 aliphatic rings. The van der Waals surface area contributed by atoms with Crippen molar-refractivity contribution in [1.82, 2.24) is 9.55 Å². The summed E-state index contributed by atoms with van der Waals surface area (Å²) in [5.41, 5.74) is 0.242. The molecule has 9 nitrogen and oxygen atoms in total. The maximum absolute atomic E-state index is 13.6. The molecule has 0 aliphatic heterocycles. The number of nitrogens with zero attached hydrogens (tertiary/aromatic N) is 3. The van der Waals surface area contributed by atoms with E-state index in [0.717, 1.165) is 16.7 Å². The number of sulfonamides is 1. The fourth-order valence-electron chi connectivity index (χ4n) is 2.96. The molecule has 0 fully saturated rings. The van der Waals surface area contributed by atoms with Crippen LogP contribution in [0.15, 0.2) is 47.4 Å². The van der Waals surface area contributed by atoms with Crippen molar-refractivity contribution < 1.29 is 22.1 Å². The second-order valence-corrected chi connectivity index (χ2v) is 7.93. The first kappa shape index (κ1) is 20.6. The van der Waals surface area contributed by atoms with Gasteiger partial charge in [0, 0.05) is 18.5 Å². The number of alkyl halides is 2. The highest BCUT2D eigenvalue weighted by Gasteiger charge is 2.23. The fourth-order valence-corrected chi connectivity index (χ4v) is 3.49. The maximum Gasteiger partial charge on any atom is 0.320 e. The number of hydrogen-bond acceptors (Lipinski definition) is 6. The van der Waals surface area contributed by atoms with Gasteiger partial charge in [-0.05, 0) is 24.3 Å². The molecule has 2 aromatic carbocycles. The highest BCUT2D eigenvalue weighted by atomic mass is 32.2. The van der Waals surface area contributed by atoms with Crippen molar-refractivity contribution in [3.8, 4) is 0 Å². The molecule has 0 bridgehead atoms. The van der Waals surface area contributed by atoms with Gasteiger partial charge in [0.1, 0.15) is 11.5 Å². The van der Waals surface area contributed by atoms with E-state index in [-0.39, 0.29) is 23.6 Å². The van der Waals surface area contributed by atoms with Crippen LogP contribution in [-0.2, 0) is 10.0 Å². The highest BCUT2D eigenvalue weighted by molar-refractivity contribution is 7.89. The summed E-state index contributed by atoms with van der Waals surface area (Å²) in [6.45, 7) is -1.10. The van der Waals surface area contributed by atoms with Gasteiger partial charge < -0.3 is 5.32 Å². The third-order valence-electron chi connectivity index (χ3n) is 4.35. The summed E-state index contributed by atoms with van der Waals surface area (Å²) in [5.74, 6) is -0.411. The van der Waals surface area contributed by atoms with Crippen molar-refractivity contribution in [2.45, 2.75) is 24.3 Å². The second-order valence-electron chi connectivity index (χ2n) is 6.37. The quantitative estimate of drug-likeness (QED) is 0.441. The summed E-state index contributed by atoms with van der Waals surface area (Å²) in [6.07, 6.45) is 0. The van der Waals surface area contributed by atoms with Crippen LogP contribution in [0.25, 0.3) is 11.0 Å². The molecular formula is C17H17F2N5O4S. The Bertz CT molecular complexity index is 1180. The Balaban J connectivity index is 1.90. The number of nitrogens with two attached hydrogens (primary N) is 1. The van der Waals surface area contributed by atoms with E-state index >= 15 is 0 Å². The molecule has 1 heterocycles.